The molecule has 2 aromatic rings. The lowest BCUT2D eigenvalue weighted by Crippen LogP contribution is -2.37. The normalized spacial score (nSPS) is 19.9. The number of aryl methyl sites for hydroxylation is 1. The summed E-state index contributed by atoms with van der Waals surface area (Å²) in [6.45, 7) is 8.07. The second-order valence-corrected chi connectivity index (χ2v) is 9.46. The van der Waals surface area contributed by atoms with Crippen LogP contribution in [0.25, 0.3) is 5.69 Å². The molecule has 1 aromatic heterocycles. The Bertz CT molecular complexity index is 836. The van der Waals surface area contributed by atoms with Crippen molar-refractivity contribution < 1.29 is 8.42 Å². The second kappa shape index (κ2) is 6.01. The largest absolute Gasteiger partial charge is 0.237 e. The maximum Gasteiger partial charge on any atom is 0.211 e. The van der Waals surface area contributed by atoms with E-state index in [1.54, 1.807) is 6.92 Å². The Hall–Kier alpha value is -1.66. The van der Waals surface area contributed by atoms with E-state index in [0.717, 1.165) is 29.8 Å². The summed E-state index contributed by atoms with van der Waals surface area (Å²) in [4.78, 5) is 0. The summed E-state index contributed by atoms with van der Waals surface area (Å²) in [5, 5.41) is 4.55. The van der Waals surface area contributed by atoms with Crippen molar-refractivity contribution >= 4 is 10.0 Å². The molecule has 24 heavy (non-hydrogen) atoms. The minimum Gasteiger partial charge on any atom is -0.237 e. The Morgan fingerprint density at radius 1 is 1.29 bits per heavy atom. The smallest absolute Gasteiger partial charge is 0.211 e. The number of fused-ring (bicyclic) bond motifs is 1. The predicted molar refractivity (Wildman–Crippen MR) is 95.7 cm³/mol. The van der Waals surface area contributed by atoms with Gasteiger partial charge in [-0.3, -0.25) is 0 Å². The van der Waals surface area contributed by atoms with Gasteiger partial charge < -0.3 is 0 Å². The van der Waals surface area contributed by atoms with Crippen LogP contribution in [-0.2, 0) is 16.4 Å². The van der Waals surface area contributed by atoms with Gasteiger partial charge in [0.2, 0.25) is 10.0 Å². The van der Waals surface area contributed by atoms with E-state index in [1.807, 2.05) is 10.9 Å². The molecular formula is C18H25N3O2S. The van der Waals surface area contributed by atoms with Crippen molar-refractivity contribution in [3.8, 4) is 5.69 Å². The molecule has 0 saturated carbocycles. The highest BCUT2D eigenvalue weighted by Crippen LogP contribution is 2.41. The van der Waals surface area contributed by atoms with E-state index < -0.39 is 10.0 Å². The van der Waals surface area contributed by atoms with E-state index in [1.165, 1.54) is 5.56 Å². The number of hydrogen-bond donors (Lipinski definition) is 1. The zero-order valence-electron chi connectivity index (χ0n) is 14.7. The number of nitrogens with zero attached hydrogens (tertiary/aromatic N) is 2. The van der Waals surface area contributed by atoms with Crippen LogP contribution in [0.15, 0.2) is 30.5 Å². The van der Waals surface area contributed by atoms with Gasteiger partial charge in [-0.05, 0) is 44.2 Å². The third-order valence-corrected chi connectivity index (χ3v) is 6.06. The highest BCUT2D eigenvalue weighted by molar-refractivity contribution is 7.89. The molecule has 0 radical (unpaired) electrons. The summed E-state index contributed by atoms with van der Waals surface area (Å²) in [5.74, 6) is 0.0887. The number of nitrogens with one attached hydrogen (secondary N) is 1. The van der Waals surface area contributed by atoms with E-state index in [0.29, 0.717) is 0 Å². The molecule has 3 rings (SSSR count). The van der Waals surface area contributed by atoms with Gasteiger partial charge in [-0.2, -0.15) is 5.10 Å². The average molecular weight is 347 g/mol. The molecule has 1 aliphatic carbocycles. The van der Waals surface area contributed by atoms with E-state index in [4.69, 9.17) is 0 Å². The maximum absolute atomic E-state index is 12.1. The van der Waals surface area contributed by atoms with Crippen LogP contribution in [0.2, 0.25) is 0 Å². The fourth-order valence-corrected chi connectivity index (χ4v) is 4.17. The average Bonchev–Trinajstić information content (AvgIpc) is 2.90. The summed E-state index contributed by atoms with van der Waals surface area (Å²) in [6, 6.07) is 8.02. The van der Waals surface area contributed by atoms with E-state index in [9.17, 15) is 8.42 Å². The van der Waals surface area contributed by atoms with Gasteiger partial charge in [0.15, 0.2) is 0 Å². The zero-order chi connectivity index (χ0) is 17.5. The standard InChI is InChI=1S/C18H25N3O2S/c1-5-24(22,23)20-16-10-18(3,4)11-17-15(16)12-19-21(17)14-8-6-13(2)7-9-14/h6-9,12,16,20H,5,10-11H2,1-4H3/t16-/m1/s1. The van der Waals surface area contributed by atoms with Crippen LogP contribution < -0.4 is 4.72 Å². The van der Waals surface area contributed by atoms with Crippen LogP contribution in [0.3, 0.4) is 0 Å². The molecule has 0 amide bonds. The van der Waals surface area contributed by atoms with Crippen molar-refractivity contribution in [2.45, 2.75) is 46.6 Å². The monoisotopic (exact) mass is 347 g/mol. The SMILES string of the molecule is CCS(=O)(=O)N[C@@H]1CC(C)(C)Cc2c1cnn2-c1ccc(C)cc1. The molecule has 6 heteroatoms. The van der Waals surface area contributed by atoms with Gasteiger partial charge in [0, 0.05) is 11.3 Å². The maximum atomic E-state index is 12.1. The molecule has 0 spiro atoms. The number of aromatic nitrogens is 2. The van der Waals surface area contributed by atoms with Gasteiger partial charge >= 0.3 is 0 Å². The lowest BCUT2D eigenvalue weighted by Gasteiger charge is -2.35. The molecular weight excluding hydrogens is 322 g/mol. The Kier molecular flexibility index (Phi) is 4.30. The minimum atomic E-state index is -3.26. The number of sulfonamides is 1. The fourth-order valence-electron chi connectivity index (χ4n) is 3.36. The third-order valence-electron chi connectivity index (χ3n) is 4.66. The summed E-state index contributed by atoms with van der Waals surface area (Å²) < 4.78 is 28.9. The van der Waals surface area contributed by atoms with Crippen LogP contribution >= 0.6 is 0 Å². The van der Waals surface area contributed by atoms with Gasteiger partial charge in [-0.25, -0.2) is 17.8 Å². The van der Waals surface area contributed by atoms with E-state index in [2.05, 4.69) is 54.9 Å². The Labute approximate surface area is 144 Å². The van der Waals surface area contributed by atoms with Crippen LogP contribution in [0, 0.1) is 12.3 Å². The van der Waals surface area contributed by atoms with Crippen molar-refractivity contribution in [3.05, 3.63) is 47.3 Å². The summed E-state index contributed by atoms with van der Waals surface area (Å²) in [6.07, 6.45) is 3.46. The number of rotatable bonds is 4. The first kappa shape index (κ1) is 17.2. The first-order chi connectivity index (χ1) is 11.2. The lowest BCUT2D eigenvalue weighted by molar-refractivity contribution is 0.269. The van der Waals surface area contributed by atoms with Gasteiger partial charge in [0.25, 0.3) is 0 Å². The van der Waals surface area contributed by atoms with Crippen LogP contribution in [0.1, 0.15) is 50.1 Å². The molecule has 1 aliphatic rings. The van der Waals surface area contributed by atoms with Crippen molar-refractivity contribution in [2.24, 2.45) is 5.41 Å². The van der Waals surface area contributed by atoms with Crippen LogP contribution in [-0.4, -0.2) is 24.0 Å². The molecule has 0 aliphatic heterocycles. The Morgan fingerprint density at radius 2 is 1.96 bits per heavy atom. The molecule has 0 bridgehead atoms. The highest BCUT2D eigenvalue weighted by atomic mass is 32.2. The van der Waals surface area contributed by atoms with Gasteiger partial charge in [0.05, 0.1) is 23.7 Å². The van der Waals surface area contributed by atoms with Crippen LogP contribution in [0.4, 0.5) is 0 Å². The molecule has 1 N–H and O–H groups in total. The first-order valence-corrected chi connectivity index (χ1v) is 10.00. The summed E-state index contributed by atoms with van der Waals surface area (Å²) in [7, 11) is -3.26. The first-order valence-electron chi connectivity index (χ1n) is 8.34. The minimum absolute atomic E-state index is 0.0103. The second-order valence-electron chi connectivity index (χ2n) is 7.41. The Morgan fingerprint density at radius 3 is 2.58 bits per heavy atom. The van der Waals surface area contributed by atoms with E-state index >= 15 is 0 Å². The molecule has 0 saturated heterocycles. The van der Waals surface area contributed by atoms with Gasteiger partial charge in [0.1, 0.15) is 0 Å². The predicted octanol–water partition coefficient (Wildman–Crippen LogP) is 3.13. The molecule has 5 nitrogen and oxygen atoms in total. The molecule has 0 fully saturated rings. The van der Waals surface area contributed by atoms with Crippen LogP contribution in [0.5, 0.6) is 0 Å². The Balaban J connectivity index is 2.04. The molecule has 1 aromatic carbocycles. The molecule has 130 valence electrons. The number of hydrogen-bond acceptors (Lipinski definition) is 3. The molecule has 1 atom stereocenters. The molecule has 0 unspecified atom stereocenters. The van der Waals surface area contributed by atoms with Crippen molar-refractivity contribution in [3.63, 3.8) is 0 Å². The molecule has 1 heterocycles. The summed E-state index contributed by atoms with van der Waals surface area (Å²) in [5.41, 5.74) is 4.31. The van der Waals surface area contributed by atoms with Gasteiger partial charge in [-0.15, -0.1) is 0 Å². The highest BCUT2D eigenvalue weighted by Gasteiger charge is 2.36. The van der Waals surface area contributed by atoms with Crippen molar-refractivity contribution in [1.82, 2.24) is 14.5 Å². The van der Waals surface area contributed by atoms with Crippen molar-refractivity contribution in [2.75, 3.05) is 5.75 Å². The van der Waals surface area contributed by atoms with Crippen molar-refractivity contribution in [1.29, 1.82) is 0 Å². The zero-order valence-corrected chi connectivity index (χ0v) is 15.5. The fraction of sp³-hybridized carbons (Fsp3) is 0.500. The lowest BCUT2D eigenvalue weighted by atomic mass is 9.74. The summed E-state index contributed by atoms with van der Waals surface area (Å²) >= 11 is 0. The van der Waals surface area contributed by atoms with Gasteiger partial charge in [-0.1, -0.05) is 31.5 Å². The topological polar surface area (TPSA) is 64.0 Å². The van der Waals surface area contributed by atoms with E-state index in [-0.39, 0.29) is 17.2 Å². The third kappa shape index (κ3) is 3.39. The quantitative estimate of drug-likeness (QED) is 0.924. The number of benzene rings is 1.